The molecule has 1 atom stereocenters. The molecule has 30 heavy (non-hydrogen) atoms. The van der Waals surface area contributed by atoms with E-state index in [4.69, 9.17) is 4.98 Å². The Kier molecular flexibility index (Phi) is 6.70. The summed E-state index contributed by atoms with van der Waals surface area (Å²) in [4.78, 5) is 33.3. The summed E-state index contributed by atoms with van der Waals surface area (Å²) in [5, 5.41) is 0.575. The Morgan fingerprint density at radius 2 is 1.83 bits per heavy atom. The molecule has 0 saturated carbocycles. The number of amides is 1. The van der Waals surface area contributed by atoms with E-state index in [9.17, 15) is 9.59 Å². The number of aromatic nitrogens is 2. The van der Waals surface area contributed by atoms with Crippen molar-refractivity contribution in [3.8, 4) is 5.69 Å². The predicted molar refractivity (Wildman–Crippen MR) is 122 cm³/mol. The molecule has 0 aliphatic heterocycles. The molecule has 3 aromatic rings. The zero-order chi connectivity index (χ0) is 21.8. The van der Waals surface area contributed by atoms with Gasteiger partial charge in [0.05, 0.1) is 22.6 Å². The van der Waals surface area contributed by atoms with Crippen LogP contribution in [0.5, 0.6) is 0 Å². The summed E-state index contributed by atoms with van der Waals surface area (Å²) in [6.07, 6.45) is 1.32. The topological polar surface area (TPSA) is 55.2 Å². The Morgan fingerprint density at radius 1 is 1.10 bits per heavy atom. The first-order valence-electron chi connectivity index (χ1n) is 10.7. The molecule has 0 radical (unpaired) electrons. The van der Waals surface area contributed by atoms with E-state index in [1.807, 2.05) is 75.1 Å². The van der Waals surface area contributed by atoms with Gasteiger partial charge in [0.15, 0.2) is 0 Å². The van der Waals surface area contributed by atoms with Gasteiger partial charge in [0.1, 0.15) is 5.82 Å². The van der Waals surface area contributed by atoms with Crippen molar-refractivity contribution in [1.29, 1.82) is 0 Å². The van der Waals surface area contributed by atoms with Crippen LogP contribution >= 0.6 is 0 Å². The summed E-state index contributed by atoms with van der Waals surface area (Å²) in [6.45, 7) is 10.7. The first kappa shape index (κ1) is 21.8. The van der Waals surface area contributed by atoms with Crippen molar-refractivity contribution >= 4 is 16.8 Å². The molecule has 0 fully saturated rings. The second-order valence-electron chi connectivity index (χ2n) is 8.33. The number of nitrogens with zero attached hydrogens (tertiary/aromatic N) is 3. The second kappa shape index (κ2) is 9.24. The van der Waals surface area contributed by atoms with Crippen LogP contribution in [0, 0.1) is 12.8 Å². The summed E-state index contributed by atoms with van der Waals surface area (Å²) in [5.41, 5.74) is 2.38. The Bertz CT molecular complexity index is 1100. The Balaban J connectivity index is 2.23. The van der Waals surface area contributed by atoms with E-state index >= 15 is 0 Å². The molecular formula is C25H31N3O2. The van der Waals surface area contributed by atoms with Crippen molar-refractivity contribution in [3.05, 3.63) is 70.3 Å². The Hall–Kier alpha value is -2.95. The van der Waals surface area contributed by atoms with E-state index in [1.165, 1.54) is 0 Å². The molecule has 0 N–H and O–H groups in total. The largest absolute Gasteiger partial charge is 0.333 e. The Morgan fingerprint density at radius 3 is 2.50 bits per heavy atom. The summed E-state index contributed by atoms with van der Waals surface area (Å²) in [6, 6.07) is 14.9. The maximum absolute atomic E-state index is 13.5. The minimum atomic E-state index is -0.325. The fraction of sp³-hybridized carbons (Fsp3) is 0.400. The first-order valence-corrected chi connectivity index (χ1v) is 10.7. The summed E-state index contributed by atoms with van der Waals surface area (Å²) in [5.74, 6) is 0.958. The number of fused-ring (bicyclic) bond motifs is 1. The van der Waals surface area contributed by atoms with Crippen LogP contribution in [0.1, 0.15) is 58.0 Å². The molecule has 0 aliphatic carbocycles. The van der Waals surface area contributed by atoms with Crippen molar-refractivity contribution in [2.24, 2.45) is 5.92 Å². The van der Waals surface area contributed by atoms with Crippen LogP contribution in [0.4, 0.5) is 0 Å². The van der Waals surface area contributed by atoms with Crippen LogP contribution in [0.3, 0.4) is 0 Å². The highest BCUT2D eigenvalue weighted by molar-refractivity contribution is 5.79. The zero-order valence-corrected chi connectivity index (χ0v) is 18.6. The van der Waals surface area contributed by atoms with Crippen LogP contribution in [0.25, 0.3) is 16.6 Å². The van der Waals surface area contributed by atoms with E-state index in [2.05, 4.69) is 6.92 Å². The van der Waals surface area contributed by atoms with Crippen LogP contribution in [-0.4, -0.2) is 26.9 Å². The average molecular weight is 406 g/mol. The molecule has 5 nitrogen and oxygen atoms in total. The summed E-state index contributed by atoms with van der Waals surface area (Å²) >= 11 is 0. The van der Waals surface area contributed by atoms with Crippen molar-refractivity contribution in [3.63, 3.8) is 0 Å². The summed E-state index contributed by atoms with van der Waals surface area (Å²) in [7, 11) is 0. The predicted octanol–water partition coefficient (Wildman–Crippen LogP) is 5.04. The van der Waals surface area contributed by atoms with Crippen molar-refractivity contribution in [1.82, 2.24) is 14.5 Å². The molecule has 1 amide bonds. The number of hydrogen-bond donors (Lipinski definition) is 0. The number of aryl methyl sites for hydroxylation is 1. The van der Waals surface area contributed by atoms with E-state index in [0.29, 0.717) is 29.7 Å². The monoisotopic (exact) mass is 405 g/mol. The third kappa shape index (κ3) is 4.45. The van der Waals surface area contributed by atoms with Gasteiger partial charge in [0.2, 0.25) is 5.91 Å². The lowest BCUT2D eigenvalue weighted by Gasteiger charge is -2.31. The van der Waals surface area contributed by atoms with Gasteiger partial charge < -0.3 is 4.90 Å². The lowest BCUT2D eigenvalue weighted by atomic mass is 10.1. The molecule has 5 heteroatoms. The van der Waals surface area contributed by atoms with E-state index in [-0.39, 0.29) is 23.4 Å². The molecule has 1 heterocycles. The van der Waals surface area contributed by atoms with E-state index < -0.39 is 0 Å². The minimum Gasteiger partial charge on any atom is -0.333 e. The highest BCUT2D eigenvalue weighted by atomic mass is 16.2. The average Bonchev–Trinajstić information content (AvgIpc) is 2.71. The molecule has 1 unspecified atom stereocenters. The van der Waals surface area contributed by atoms with Gasteiger partial charge in [-0.3, -0.25) is 14.2 Å². The van der Waals surface area contributed by atoms with Gasteiger partial charge in [-0.1, -0.05) is 45.0 Å². The number of benzene rings is 2. The maximum atomic E-state index is 13.5. The molecule has 0 saturated heterocycles. The van der Waals surface area contributed by atoms with Gasteiger partial charge in [-0.2, -0.15) is 0 Å². The Labute approximate surface area is 178 Å². The lowest BCUT2D eigenvalue weighted by molar-refractivity contribution is -0.134. The van der Waals surface area contributed by atoms with Crippen LogP contribution in [0.15, 0.2) is 53.3 Å². The smallest absolute Gasteiger partial charge is 0.266 e. The minimum absolute atomic E-state index is 0.0950. The normalized spacial score (nSPS) is 12.3. The van der Waals surface area contributed by atoms with Crippen LogP contribution < -0.4 is 5.56 Å². The summed E-state index contributed by atoms with van der Waals surface area (Å²) < 4.78 is 1.67. The fourth-order valence-electron chi connectivity index (χ4n) is 3.83. The van der Waals surface area contributed by atoms with Crippen LogP contribution in [0.2, 0.25) is 0 Å². The molecule has 1 aromatic heterocycles. The molecular weight excluding hydrogens is 374 g/mol. The SMILES string of the molecule is CCCN(C(=O)CC(C)C)C(C)c1nc2ccccc2c(=O)n1-c1cccc(C)c1. The van der Waals surface area contributed by atoms with Crippen molar-refractivity contribution in [2.75, 3.05) is 6.54 Å². The molecule has 2 aromatic carbocycles. The number of rotatable bonds is 7. The van der Waals surface area contributed by atoms with Crippen molar-refractivity contribution in [2.45, 2.75) is 53.5 Å². The van der Waals surface area contributed by atoms with E-state index in [1.54, 1.807) is 10.6 Å². The zero-order valence-electron chi connectivity index (χ0n) is 18.6. The van der Waals surface area contributed by atoms with Gasteiger partial charge in [0.25, 0.3) is 5.56 Å². The van der Waals surface area contributed by atoms with Gasteiger partial charge in [0, 0.05) is 13.0 Å². The van der Waals surface area contributed by atoms with Gasteiger partial charge in [-0.05, 0) is 56.0 Å². The highest BCUT2D eigenvalue weighted by Gasteiger charge is 2.26. The first-order chi connectivity index (χ1) is 14.3. The third-order valence-electron chi connectivity index (χ3n) is 5.27. The van der Waals surface area contributed by atoms with Gasteiger partial charge in [-0.15, -0.1) is 0 Å². The van der Waals surface area contributed by atoms with E-state index in [0.717, 1.165) is 17.7 Å². The molecule has 0 aliphatic rings. The number of para-hydroxylation sites is 1. The highest BCUT2D eigenvalue weighted by Crippen LogP contribution is 2.24. The van der Waals surface area contributed by atoms with Gasteiger partial charge in [-0.25, -0.2) is 4.98 Å². The number of carbonyl (C=O) groups is 1. The van der Waals surface area contributed by atoms with Gasteiger partial charge >= 0.3 is 0 Å². The maximum Gasteiger partial charge on any atom is 0.266 e. The molecule has 0 bridgehead atoms. The standard InChI is InChI=1S/C25H31N3O2/c1-6-14-27(23(29)15-17(2)3)19(5)24-26-22-13-8-7-12-21(22)25(30)28(24)20-11-9-10-18(4)16-20/h7-13,16-17,19H,6,14-15H2,1-5H3. The quantitative estimate of drug-likeness (QED) is 0.553. The second-order valence-corrected chi connectivity index (χ2v) is 8.33. The third-order valence-corrected chi connectivity index (χ3v) is 5.27. The number of carbonyl (C=O) groups excluding carboxylic acids is 1. The van der Waals surface area contributed by atoms with Crippen LogP contribution in [-0.2, 0) is 4.79 Å². The van der Waals surface area contributed by atoms with Crippen molar-refractivity contribution < 1.29 is 4.79 Å². The molecule has 158 valence electrons. The molecule has 0 spiro atoms. The molecule has 3 rings (SSSR count). The lowest BCUT2D eigenvalue weighted by Crippen LogP contribution is -2.38. The number of hydrogen-bond acceptors (Lipinski definition) is 3. The fourth-order valence-corrected chi connectivity index (χ4v) is 3.83.